The Balaban J connectivity index is 2.33. The monoisotopic (exact) mass is 283 g/mol. The van der Waals surface area contributed by atoms with Crippen LogP contribution in [0.25, 0.3) is 0 Å². The number of hydrogen-bond acceptors (Lipinski definition) is 2. The van der Waals surface area contributed by atoms with Crippen LogP contribution >= 0.6 is 11.6 Å². The van der Waals surface area contributed by atoms with Crippen molar-refractivity contribution < 1.29 is 5.11 Å². The molecule has 0 aromatic heterocycles. The molecule has 1 rings (SSSR count). The van der Waals surface area contributed by atoms with Crippen molar-refractivity contribution >= 4 is 11.6 Å². The third-order valence-corrected chi connectivity index (χ3v) is 3.93. The van der Waals surface area contributed by atoms with Crippen LogP contribution in [-0.4, -0.2) is 24.3 Å². The van der Waals surface area contributed by atoms with E-state index < -0.39 is 0 Å². The van der Waals surface area contributed by atoms with Gasteiger partial charge in [0, 0.05) is 5.02 Å². The molecule has 0 bridgehead atoms. The smallest absolute Gasteiger partial charge is 0.0549 e. The minimum absolute atomic E-state index is 0.140. The third kappa shape index (κ3) is 5.94. The van der Waals surface area contributed by atoms with Crippen LogP contribution in [0.3, 0.4) is 0 Å². The molecule has 1 atom stereocenters. The van der Waals surface area contributed by atoms with Gasteiger partial charge in [0.2, 0.25) is 0 Å². The van der Waals surface area contributed by atoms with Gasteiger partial charge in [-0.3, -0.25) is 0 Å². The number of rotatable bonds is 8. The van der Waals surface area contributed by atoms with Gasteiger partial charge in [-0.1, -0.05) is 44.5 Å². The van der Waals surface area contributed by atoms with Gasteiger partial charge in [0.1, 0.15) is 0 Å². The van der Waals surface area contributed by atoms with Crippen molar-refractivity contribution in [3.05, 3.63) is 34.9 Å². The van der Waals surface area contributed by atoms with Gasteiger partial charge in [0.15, 0.2) is 0 Å². The van der Waals surface area contributed by atoms with Crippen molar-refractivity contribution in [3.8, 4) is 0 Å². The van der Waals surface area contributed by atoms with Crippen molar-refractivity contribution in [2.45, 2.75) is 51.6 Å². The van der Waals surface area contributed by atoms with Crippen molar-refractivity contribution in [2.24, 2.45) is 0 Å². The fourth-order valence-electron chi connectivity index (χ4n) is 2.04. The highest BCUT2D eigenvalue weighted by Crippen LogP contribution is 2.27. The van der Waals surface area contributed by atoms with Crippen LogP contribution in [0.15, 0.2) is 24.3 Å². The van der Waals surface area contributed by atoms with Crippen LogP contribution in [0.1, 0.15) is 45.6 Å². The van der Waals surface area contributed by atoms with Crippen LogP contribution in [0.2, 0.25) is 5.02 Å². The third-order valence-electron chi connectivity index (χ3n) is 3.68. The molecule has 0 saturated heterocycles. The zero-order chi connectivity index (χ0) is 14.3. The molecule has 0 fully saturated rings. The van der Waals surface area contributed by atoms with Crippen molar-refractivity contribution in [1.29, 1.82) is 0 Å². The van der Waals surface area contributed by atoms with E-state index in [4.69, 9.17) is 11.6 Å². The molecule has 0 aliphatic rings. The fraction of sp³-hybridized carbons (Fsp3) is 0.625. The molecule has 2 N–H and O–H groups in total. The van der Waals surface area contributed by atoms with Gasteiger partial charge in [0.05, 0.1) is 6.10 Å². The lowest BCUT2D eigenvalue weighted by Gasteiger charge is -2.25. The van der Waals surface area contributed by atoms with Crippen molar-refractivity contribution in [2.75, 3.05) is 13.1 Å². The Bertz CT molecular complexity index is 362. The Hall–Kier alpha value is -0.570. The van der Waals surface area contributed by atoms with Gasteiger partial charge in [-0.2, -0.15) is 0 Å². The maximum Gasteiger partial charge on any atom is 0.0549 e. The van der Waals surface area contributed by atoms with E-state index in [-0.39, 0.29) is 11.5 Å². The summed E-state index contributed by atoms with van der Waals surface area (Å²) in [6.07, 6.45) is 2.56. The van der Waals surface area contributed by atoms with Gasteiger partial charge in [-0.25, -0.2) is 0 Å². The van der Waals surface area contributed by atoms with Crippen LogP contribution in [0.4, 0.5) is 0 Å². The van der Waals surface area contributed by atoms with E-state index in [1.165, 1.54) is 5.56 Å². The lowest BCUT2D eigenvalue weighted by Crippen LogP contribution is -2.27. The first kappa shape index (κ1) is 16.5. The van der Waals surface area contributed by atoms with Gasteiger partial charge >= 0.3 is 0 Å². The first-order valence-electron chi connectivity index (χ1n) is 7.10. The fourth-order valence-corrected chi connectivity index (χ4v) is 2.17. The van der Waals surface area contributed by atoms with Gasteiger partial charge in [-0.05, 0) is 55.5 Å². The highest BCUT2D eigenvalue weighted by atomic mass is 35.5. The topological polar surface area (TPSA) is 32.3 Å². The van der Waals surface area contributed by atoms with Gasteiger partial charge in [0.25, 0.3) is 0 Å². The summed E-state index contributed by atoms with van der Waals surface area (Å²) in [5.41, 5.74) is 1.45. The standard InChI is InChI=1S/C16H26ClNO/c1-4-15(19)9-11-18-12-10-16(2,3)13-5-7-14(17)8-6-13/h5-8,15,18-19H,4,9-12H2,1-3H3. The number of hydrogen-bond donors (Lipinski definition) is 2. The Morgan fingerprint density at radius 3 is 2.42 bits per heavy atom. The summed E-state index contributed by atoms with van der Waals surface area (Å²) < 4.78 is 0. The average Bonchev–Trinajstić information content (AvgIpc) is 2.38. The summed E-state index contributed by atoms with van der Waals surface area (Å²) in [6, 6.07) is 8.10. The van der Waals surface area contributed by atoms with Gasteiger partial charge in [-0.15, -0.1) is 0 Å². The quantitative estimate of drug-likeness (QED) is 0.712. The largest absolute Gasteiger partial charge is 0.393 e. The highest BCUT2D eigenvalue weighted by molar-refractivity contribution is 6.30. The van der Waals surface area contributed by atoms with Crippen LogP contribution in [0.5, 0.6) is 0 Å². The van der Waals surface area contributed by atoms with E-state index in [0.29, 0.717) is 0 Å². The second-order valence-electron chi connectivity index (χ2n) is 5.74. The maximum absolute atomic E-state index is 9.47. The molecule has 0 aliphatic carbocycles. The maximum atomic E-state index is 9.47. The molecule has 1 aromatic carbocycles. The predicted octanol–water partition coefficient (Wildman–Crippen LogP) is 3.76. The van der Waals surface area contributed by atoms with Gasteiger partial charge < -0.3 is 10.4 Å². The molecule has 0 radical (unpaired) electrons. The summed E-state index contributed by atoms with van der Waals surface area (Å²) in [4.78, 5) is 0. The normalized spacial score (nSPS) is 13.5. The van der Waals surface area contributed by atoms with Crippen molar-refractivity contribution in [3.63, 3.8) is 0 Å². The molecule has 0 saturated carbocycles. The highest BCUT2D eigenvalue weighted by Gasteiger charge is 2.19. The zero-order valence-corrected chi connectivity index (χ0v) is 13.0. The van der Waals surface area contributed by atoms with Crippen LogP contribution in [-0.2, 0) is 5.41 Å². The molecule has 0 aliphatic heterocycles. The second-order valence-corrected chi connectivity index (χ2v) is 6.18. The first-order chi connectivity index (χ1) is 8.95. The summed E-state index contributed by atoms with van der Waals surface area (Å²) in [6.45, 7) is 8.35. The van der Waals surface area contributed by atoms with Crippen LogP contribution in [0, 0.1) is 0 Å². The molecule has 19 heavy (non-hydrogen) atoms. The number of halogens is 1. The number of benzene rings is 1. The number of aliphatic hydroxyl groups excluding tert-OH is 1. The summed E-state index contributed by atoms with van der Waals surface area (Å²) in [7, 11) is 0. The first-order valence-corrected chi connectivity index (χ1v) is 7.48. The molecular formula is C16H26ClNO. The van der Waals surface area contributed by atoms with E-state index in [9.17, 15) is 5.11 Å². The average molecular weight is 284 g/mol. The number of nitrogens with one attached hydrogen (secondary N) is 1. The Kier molecular flexibility index (Phi) is 6.84. The Labute approximate surface area is 122 Å². The second kappa shape index (κ2) is 7.88. The van der Waals surface area contributed by atoms with E-state index >= 15 is 0 Å². The SMILES string of the molecule is CCC(O)CCNCCC(C)(C)c1ccc(Cl)cc1. The molecule has 1 aromatic rings. The molecule has 1 unspecified atom stereocenters. The molecule has 108 valence electrons. The Morgan fingerprint density at radius 1 is 1.21 bits per heavy atom. The summed E-state index contributed by atoms with van der Waals surface area (Å²) in [5.74, 6) is 0. The van der Waals surface area contributed by atoms with Crippen molar-refractivity contribution in [1.82, 2.24) is 5.32 Å². The molecule has 0 heterocycles. The van der Waals surface area contributed by atoms with E-state index in [1.54, 1.807) is 0 Å². The van der Waals surface area contributed by atoms with Crippen LogP contribution < -0.4 is 5.32 Å². The molecule has 0 spiro atoms. The molecule has 2 nitrogen and oxygen atoms in total. The molecule has 3 heteroatoms. The lowest BCUT2D eigenvalue weighted by molar-refractivity contribution is 0.159. The lowest BCUT2D eigenvalue weighted by atomic mass is 9.81. The minimum Gasteiger partial charge on any atom is -0.393 e. The minimum atomic E-state index is -0.170. The van der Waals surface area contributed by atoms with E-state index in [0.717, 1.165) is 37.4 Å². The predicted molar refractivity (Wildman–Crippen MR) is 82.9 cm³/mol. The molecular weight excluding hydrogens is 258 g/mol. The van der Waals surface area contributed by atoms with E-state index in [1.807, 2.05) is 19.1 Å². The Morgan fingerprint density at radius 2 is 1.84 bits per heavy atom. The van der Waals surface area contributed by atoms with E-state index in [2.05, 4.69) is 31.3 Å². The molecule has 0 amide bonds. The number of aliphatic hydroxyl groups is 1. The zero-order valence-electron chi connectivity index (χ0n) is 12.2. The summed E-state index contributed by atoms with van der Waals surface area (Å²) >= 11 is 5.91. The summed E-state index contributed by atoms with van der Waals surface area (Å²) in [5, 5.41) is 13.7.